The highest BCUT2D eigenvalue weighted by Gasteiger charge is 2.33. The molecule has 1 aliphatic rings. The number of rotatable bonds is 4. The molecule has 1 aromatic rings. The Bertz CT molecular complexity index is 503. The molecule has 1 aliphatic heterocycles. The Balaban J connectivity index is 0.00000200. The number of sulfonamides is 1. The number of piperidine rings is 1. The molecule has 0 bridgehead atoms. The van der Waals surface area contributed by atoms with Crippen LogP contribution in [0.15, 0.2) is 18.6 Å². The van der Waals surface area contributed by atoms with Gasteiger partial charge in [-0.25, -0.2) is 12.7 Å². The van der Waals surface area contributed by atoms with Gasteiger partial charge in [0.1, 0.15) is 5.25 Å². The van der Waals surface area contributed by atoms with E-state index in [9.17, 15) is 8.42 Å². The molecule has 0 radical (unpaired) electrons. The van der Waals surface area contributed by atoms with Crippen LogP contribution in [0.4, 0.5) is 0 Å². The van der Waals surface area contributed by atoms with Gasteiger partial charge >= 0.3 is 0 Å². The van der Waals surface area contributed by atoms with Gasteiger partial charge in [0.15, 0.2) is 0 Å². The molecule has 1 aromatic heterocycles. The van der Waals surface area contributed by atoms with Crippen LogP contribution >= 0.6 is 12.4 Å². The number of aromatic nitrogens is 2. The normalized spacial score (nSPS) is 19.3. The van der Waals surface area contributed by atoms with Crippen molar-refractivity contribution >= 4 is 22.4 Å². The Labute approximate surface area is 126 Å². The SMILES string of the molecule is CNC1CCN(S(=O)(=O)C(C)c2cnccn2)CC1.Cl. The molecule has 8 heteroatoms. The summed E-state index contributed by atoms with van der Waals surface area (Å²) in [7, 11) is -1.43. The Hall–Kier alpha value is -0.760. The quantitative estimate of drug-likeness (QED) is 0.895. The summed E-state index contributed by atoms with van der Waals surface area (Å²) in [5, 5.41) is 2.55. The van der Waals surface area contributed by atoms with Gasteiger partial charge in [0.25, 0.3) is 0 Å². The molecule has 2 rings (SSSR count). The summed E-state index contributed by atoms with van der Waals surface area (Å²) in [5.74, 6) is 0. The van der Waals surface area contributed by atoms with E-state index in [1.54, 1.807) is 17.4 Å². The minimum absolute atomic E-state index is 0. The second-order valence-corrected chi connectivity index (χ2v) is 7.03. The molecule has 114 valence electrons. The standard InChI is InChI=1S/C12H20N4O2S.ClH/c1-10(12-9-14-5-6-15-12)19(17,18)16-7-3-11(13-2)4-8-16;/h5-6,9-11,13H,3-4,7-8H2,1-2H3;1H. The van der Waals surface area contributed by atoms with E-state index in [1.165, 1.54) is 12.4 Å². The first-order valence-corrected chi connectivity index (χ1v) is 7.98. The van der Waals surface area contributed by atoms with Crippen LogP contribution < -0.4 is 5.32 Å². The van der Waals surface area contributed by atoms with E-state index in [0.717, 1.165) is 12.8 Å². The van der Waals surface area contributed by atoms with Crippen molar-refractivity contribution in [2.24, 2.45) is 0 Å². The minimum atomic E-state index is -3.34. The second kappa shape index (κ2) is 7.31. The number of nitrogens with one attached hydrogen (secondary N) is 1. The maximum Gasteiger partial charge on any atom is 0.222 e. The number of halogens is 1. The van der Waals surface area contributed by atoms with Gasteiger partial charge in [-0.3, -0.25) is 9.97 Å². The zero-order chi connectivity index (χ0) is 13.9. The lowest BCUT2D eigenvalue weighted by atomic mass is 10.1. The summed E-state index contributed by atoms with van der Waals surface area (Å²) in [4.78, 5) is 8.02. The van der Waals surface area contributed by atoms with Crippen LogP contribution in [0.1, 0.15) is 30.7 Å². The molecule has 1 saturated heterocycles. The number of hydrogen-bond donors (Lipinski definition) is 1. The van der Waals surface area contributed by atoms with Crippen LogP contribution in [0.25, 0.3) is 0 Å². The summed E-state index contributed by atoms with van der Waals surface area (Å²) >= 11 is 0. The van der Waals surface area contributed by atoms with E-state index in [2.05, 4.69) is 15.3 Å². The third-order valence-corrected chi connectivity index (χ3v) is 5.89. The lowest BCUT2D eigenvalue weighted by Gasteiger charge is -2.32. The summed E-state index contributed by atoms with van der Waals surface area (Å²) < 4.78 is 26.6. The van der Waals surface area contributed by atoms with Crippen molar-refractivity contribution in [2.45, 2.75) is 31.1 Å². The first-order valence-electron chi connectivity index (χ1n) is 6.48. The van der Waals surface area contributed by atoms with E-state index in [4.69, 9.17) is 0 Å². The molecule has 0 aromatic carbocycles. The van der Waals surface area contributed by atoms with Crippen molar-refractivity contribution in [2.75, 3.05) is 20.1 Å². The molecule has 1 atom stereocenters. The van der Waals surface area contributed by atoms with Gasteiger partial charge in [-0.05, 0) is 26.8 Å². The Morgan fingerprint density at radius 1 is 1.35 bits per heavy atom. The molecule has 6 nitrogen and oxygen atoms in total. The molecular formula is C12H21ClN4O2S. The fraction of sp³-hybridized carbons (Fsp3) is 0.667. The van der Waals surface area contributed by atoms with Crippen molar-refractivity contribution in [1.29, 1.82) is 0 Å². The Morgan fingerprint density at radius 3 is 2.50 bits per heavy atom. The highest BCUT2D eigenvalue weighted by Crippen LogP contribution is 2.25. The number of hydrogen-bond acceptors (Lipinski definition) is 5. The smallest absolute Gasteiger partial charge is 0.222 e. The number of nitrogens with zero attached hydrogens (tertiary/aromatic N) is 3. The first-order chi connectivity index (χ1) is 9.05. The van der Waals surface area contributed by atoms with Crippen molar-refractivity contribution in [3.63, 3.8) is 0 Å². The highest BCUT2D eigenvalue weighted by molar-refractivity contribution is 7.89. The van der Waals surface area contributed by atoms with Crippen molar-refractivity contribution in [3.8, 4) is 0 Å². The van der Waals surface area contributed by atoms with Gasteiger partial charge in [-0.15, -0.1) is 12.4 Å². The first kappa shape index (κ1) is 17.3. The van der Waals surface area contributed by atoms with Crippen molar-refractivity contribution in [1.82, 2.24) is 19.6 Å². The third-order valence-electron chi connectivity index (χ3n) is 3.67. The largest absolute Gasteiger partial charge is 0.317 e. The zero-order valence-electron chi connectivity index (χ0n) is 11.7. The molecule has 1 fully saturated rings. The van der Waals surface area contributed by atoms with Crippen LogP contribution in [0.2, 0.25) is 0 Å². The van der Waals surface area contributed by atoms with Crippen LogP contribution in [0, 0.1) is 0 Å². The topological polar surface area (TPSA) is 75.2 Å². The monoisotopic (exact) mass is 320 g/mol. The maximum atomic E-state index is 12.5. The van der Waals surface area contributed by atoms with Crippen LogP contribution in [-0.4, -0.2) is 48.9 Å². The molecule has 1 unspecified atom stereocenters. The third kappa shape index (κ3) is 3.66. The molecular weight excluding hydrogens is 300 g/mol. The lowest BCUT2D eigenvalue weighted by Crippen LogP contribution is -2.45. The van der Waals surface area contributed by atoms with Crippen molar-refractivity contribution in [3.05, 3.63) is 24.3 Å². The summed E-state index contributed by atoms with van der Waals surface area (Å²) in [5.41, 5.74) is 0.498. The fourth-order valence-corrected chi connectivity index (χ4v) is 3.89. The van der Waals surface area contributed by atoms with Gasteiger partial charge in [0.05, 0.1) is 5.69 Å². The van der Waals surface area contributed by atoms with E-state index in [-0.39, 0.29) is 12.4 Å². The van der Waals surface area contributed by atoms with Gasteiger partial charge < -0.3 is 5.32 Å². The zero-order valence-corrected chi connectivity index (χ0v) is 13.3. The molecule has 0 aliphatic carbocycles. The molecule has 20 heavy (non-hydrogen) atoms. The van der Waals surface area contributed by atoms with Crippen molar-refractivity contribution < 1.29 is 8.42 Å². The molecule has 2 heterocycles. The van der Waals surface area contributed by atoms with E-state index < -0.39 is 15.3 Å². The second-order valence-electron chi connectivity index (χ2n) is 4.78. The van der Waals surface area contributed by atoms with Gasteiger partial charge in [0, 0.05) is 37.7 Å². The van der Waals surface area contributed by atoms with E-state index in [0.29, 0.717) is 24.8 Å². The summed E-state index contributed by atoms with van der Waals surface area (Å²) in [6.07, 6.45) is 6.28. The average Bonchev–Trinajstić information content (AvgIpc) is 2.47. The molecule has 0 amide bonds. The molecule has 0 spiro atoms. The fourth-order valence-electron chi connectivity index (χ4n) is 2.30. The van der Waals surface area contributed by atoms with E-state index >= 15 is 0 Å². The Morgan fingerprint density at radius 2 is 2.00 bits per heavy atom. The van der Waals surface area contributed by atoms with E-state index in [1.807, 2.05) is 7.05 Å². The maximum absolute atomic E-state index is 12.5. The predicted molar refractivity (Wildman–Crippen MR) is 80.3 cm³/mol. The predicted octanol–water partition coefficient (Wildman–Crippen LogP) is 0.973. The van der Waals surface area contributed by atoms with Gasteiger partial charge in [-0.2, -0.15) is 0 Å². The summed E-state index contributed by atoms with van der Waals surface area (Å²) in [6, 6.07) is 0.415. The molecule has 0 saturated carbocycles. The van der Waals surface area contributed by atoms with Crippen LogP contribution in [0.5, 0.6) is 0 Å². The lowest BCUT2D eigenvalue weighted by molar-refractivity contribution is 0.296. The van der Waals surface area contributed by atoms with Gasteiger partial charge in [-0.1, -0.05) is 0 Å². The van der Waals surface area contributed by atoms with Gasteiger partial charge in [0.2, 0.25) is 10.0 Å². The Kier molecular flexibility index (Phi) is 6.32. The van der Waals surface area contributed by atoms with Crippen LogP contribution in [-0.2, 0) is 10.0 Å². The van der Waals surface area contributed by atoms with Crippen LogP contribution in [0.3, 0.4) is 0 Å². The molecule has 1 N–H and O–H groups in total. The minimum Gasteiger partial charge on any atom is -0.317 e. The highest BCUT2D eigenvalue weighted by atomic mass is 35.5. The summed E-state index contributed by atoms with van der Waals surface area (Å²) in [6.45, 7) is 2.81. The average molecular weight is 321 g/mol.